The molecule has 0 saturated carbocycles. The molecule has 0 aliphatic rings. The molecule has 1 aromatic rings. The van der Waals surface area contributed by atoms with Gasteiger partial charge in [-0.05, 0) is 6.26 Å². The largest absolute Gasteiger partial charge is 0.480 e. The highest BCUT2D eigenvalue weighted by Gasteiger charge is 2.20. The summed E-state index contributed by atoms with van der Waals surface area (Å²) in [4.78, 5) is 13.3. The molecule has 4 nitrogen and oxygen atoms in total. The van der Waals surface area contributed by atoms with E-state index in [1.54, 1.807) is 0 Å². The van der Waals surface area contributed by atoms with Crippen LogP contribution in [0.2, 0.25) is 0 Å². The third kappa shape index (κ3) is 2.57. The molecule has 1 rings (SSSR count). The summed E-state index contributed by atoms with van der Waals surface area (Å²) >= 11 is 0.787. The predicted octanol–water partition coefficient (Wildman–Crippen LogP) is 1.72. The molecule has 0 spiro atoms. The van der Waals surface area contributed by atoms with Crippen molar-refractivity contribution < 1.29 is 23.1 Å². The first-order chi connectivity index (χ1) is 7.47. The number of thioether (sulfide) groups is 1. The summed E-state index contributed by atoms with van der Waals surface area (Å²) in [5, 5.41) is 9.94. The van der Waals surface area contributed by atoms with Gasteiger partial charge in [0, 0.05) is 0 Å². The van der Waals surface area contributed by atoms with Crippen molar-refractivity contribution in [1.29, 1.82) is 0 Å². The molecule has 0 aliphatic carbocycles. The number of hydrogen-bond donors (Lipinski definition) is 2. The van der Waals surface area contributed by atoms with Gasteiger partial charge in [-0.15, -0.1) is 11.8 Å². The van der Waals surface area contributed by atoms with E-state index in [4.69, 9.17) is 5.11 Å². The van der Waals surface area contributed by atoms with E-state index in [1.165, 1.54) is 6.26 Å². The van der Waals surface area contributed by atoms with Gasteiger partial charge < -0.3 is 10.4 Å². The van der Waals surface area contributed by atoms with Crippen LogP contribution in [0.5, 0.6) is 0 Å². The molecule has 1 heterocycles. The van der Waals surface area contributed by atoms with Crippen LogP contribution in [0.15, 0.2) is 5.03 Å². The minimum atomic E-state index is -1.53. The number of halogens is 3. The van der Waals surface area contributed by atoms with E-state index in [0.29, 0.717) is 0 Å². The Bertz CT molecular complexity index is 428. The number of hydrogen-bond acceptors (Lipinski definition) is 4. The second kappa shape index (κ2) is 5.06. The van der Waals surface area contributed by atoms with E-state index >= 15 is 0 Å². The van der Waals surface area contributed by atoms with Crippen LogP contribution in [-0.4, -0.2) is 28.9 Å². The highest BCUT2D eigenvalue weighted by Crippen LogP contribution is 2.27. The van der Waals surface area contributed by atoms with Gasteiger partial charge in [-0.1, -0.05) is 0 Å². The van der Waals surface area contributed by atoms with Crippen molar-refractivity contribution in [3.8, 4) is 0 Å². The Morgan fingerprint density at radius 2 is 2.06 bits per heavy atom. The maximum atomic E-state index is 13.4. The van der Waals surface area contributed by atoms with E-state index in [-0.39, 0.29) is 5.03 Å². The molecule has 0 atom stereocenters. The highest BCUT2D eigenvalue weighted by molar-refractivity contribution is 7.98. The second-order valence-electron chi connectivity index (χ2n) is 2.66. The van der Waals surface area contributed by atoms with Crippen molar-refractivity contribution in [1.82, 2.24) is 4.98 Å². The summed E-state index contributed by atoms with van der Waals surface area (Å²) in [5.74, 6) is -5.43. The van der Waals surface area contributed by atoms with Gasteiger partial charge in [0.25, 0.3) is 5.95 Å². The Morgan fingerprint density at radius 3 is 2.56 bits per heavy atom. The maximum absolute atomic E-state index is 13.4. The van der Waals surface area contributed by atoms with Crippen LogP contribution in [0.4, 0.5) is 18.9 Å². The van der Waals surface area contributed by atoms with Crippen molar-refractivity contribution in [2.75, 3.05) is 18.1 Å². The second-order valence-corrected chi connectivity index (χ2v) is 3.46. The molecule has 0 bridgehead atoms. The van der Waals surface area contributed by atoms with Gasteiger partial charge in [-0.2, -0.15) is 8.78 Å². The lowest BCUT2D eigenvalue weighted by Crippen LogP contribution is -2.16. The van der Waals surface area contributed by atoms with Crippen LogP contribution >= 0.6 is 11.8 Å². The zero-order valence-corrected chi connectivity index (χ0v) is 8.87. The van der Waals surface area contributed by atoms with Crippen molar-refractivity contribution in [3.63, 3.8) is 0 Å². The van der Waals surface area contributed by atoms with Crippen molar-refractivity contribution >= 4 is 23.4 Å². The van der Waals surface area contributed by atoms with Crippen molar-refractivity contribution in [3.05, 3.63) is 17.6 Å². The lowest BCUT2D eigenvalue weighted by Gasteiger charge is -2.09. The van der Waals surface area contributed by atoms with Crippen LogP contribution in [0, 0.1) is 17.6 Å². The lowest BCUT2D eigenvalue weighted by atomic mass is 10.3. The van der Waals surface area contributed by atoms with E-state index in [2.05, 4.69) is 4.98 Å². The molecule has 16 heavy (non-hydrogen) atoms. The normalized spacial score (nSPS) is 10.2. The first-order valence-corrected chi connectivity index (χ1v) is 5.24. The number of anilines is 1. The quantitative estimate of drug-likeness (QED) is 0.631. The number of aromatic nitrogens is 1. The summed E-state index contributed by atoms with van der Waals surface area (Å²) < 4.78 is 39.4. The van der Waals surface area contributed by atoms with Crippen LogP contribution in [0.3, 0.4) is 0 Å². The fraction of sp³-hybridized carbons (Fsp3) is 0.250. The number of carboxylic acid groups (broad SMARTS) is 1. The minimum absolute atomic E-state index is 0.341. The fourth-order valence-corrected chi connectivity index (χ4v) is 1.40. The molecule has 2 N–H and O–H groups in total. The fourth-order valence-electron chi connectivity index (χ4n) is 0.948. The Labute approximate surface area is 92.9 Å². The minimum Gasteiger partial charge on any atom is -0.480 e. The molecule has 0 amide bonds. The molecule has 1 aromatic heterocycles. The van der Waals surface area contributed by atoms with Gasteiger partial charge in [0.15, 0.2) is 5.82 Å². The SMILES string of the molecule is CSc1nc(F)c(F)c(NCC(=O)O)c1F. The predicted molar refractivity (Wildman–Crippen MR) is 52.0 cm³/mol. The van der Waals surface area contributed by atoms with Gasteiger partial charge in [-0.3, -0.25) is 4.79 Å². The van der Waals surface area contributed by atoms with Gasteiger partial charge in [0.1, 0.15) is 17.3 Å². The molecule has 88 valence electrons. The monoisotopic (exact) mass is 252 g/mol. The summed E-state index contributed by atoms with van der Waals surface area (Å²) in [5.41, 5.74) is -0.820. The topological polar surface area (TPSA) is 62.2 Å². The van der Waals surface area contributed by atoms with Gasteiger partial charge in [0.05, 0.1) is 0 Å². The Balaban J connectivity index is 3.14. The number of pyridine rings is 1. The smallest absolute Gasteiger partial charge is 0.322 e. The Hall–Kier alpha value is -1.44. The summed E-state index contributed by atoms with van der Waals surface area (Å²) in [6.45, 7) is -0.717. The Morgan fingerprint density at radius 1 is 1.44 bits per heavy atom. The number of carbonyl (C=O) groups is 1. The zero-order valence-electron chi connectivity index (χ0n) is 8.05. The van der Waals surface area contributed by atoms with Gasteiger partial charge in [0.2, 0.25) is 5.82 Å². The van der Waals surface area contributed by atoms with E-state index in [0.717, 1.165) is 11.8 Å². The molecular weight excluding hydrogens is 245 g/mol. The third-order valence-electron chi connectivity index (χ3n) is 1.62. The molecule has 8 heteroatoms. The summed E-state index contributed by atoms with van der Waals surface area (Å²) in [7, 11) is 0. The van der Waals surface area contributed by atoms with Gasteiger partial charge in [-0.25, -0.2) is 9.37 Å². The molecule has 0 fully saturated rings. The van der Waals surface area contributed by atoms with Crippen LogP contribution in [0.1, 0.15) is 0 Å². The van der Waals surface area contributed by atoms with Crippen molar-refractivity contribution in [2.45, 2.75) is 5.03 Å². The maximum Gasteiger partial charge on any atom is 0.322 e. The molecular formula is C8H7F3N2O2S. The molecule has 0 radical (unpaired) electrons. The van der Waals surface area contributed by atoms with Gasteiger partial charge >= 0.3 is 5.97 Å². The average molecular weight is 252 g/mol. The van der Waals surface area contributed by atoms with Crippen molar-refractivity contribution in [2.24, 2.45) is 0 Å². The first-order valence-electron chi connectivity index (χ1n) is 4.01. The molecule has 0 unspecified atom stereocenters. The van der Waals surface area contributed by atoms with Crippen LogP contribution in [-0.2, 0) is 4.79 Å². The molecule has 0 aromatic carbocycles. The molecule has 0 aliphatic heterocycles. The van der Waals surface area contributed by atoms with E-state index in [1.807, 2.05) is 5.32 Å². The third-order valence-corrected chi connectivity index (χ3v) is 2.27. The number of aliphatic carboxylic acids is 1. The number of nitrogens with zero attached hydrogens (tertiary/aromatic N) is 1. The first kappa shape index (κ1) is 12.6. The lowest BCUT2D eigenvalue weighted by molar-refractivity contribution is -0.134. The van der Waals surface area contributed by atoms with Crippen LogP contribution < -0.4 is 5.32 Å². The number of carboxylic acids is 1. The summed E-state index contributed by atoms with van der Waals surface area (Å²) in [6, 6.07) is 0. The highest BCUT2D eigenvalue weighted by atomic mass is 32.2. The summed E-state index contributed by atoms with van der Waals surface area (Å²) in [6.07, 6.45) is 1.43. The van der Waals surface area contributed by atoms with Crippen LogP contribution in [0.25, 0.3) is 0 Å². The average Bonchev–Trinajstić information content (AvgIpc) is 2.23. The van der Waals surface area contributed by atoms with E-state index < -0.39 is 35.8 Å². The Kier molecular flexibility index (Phi) is 3.99. The van der Waals surface area contributed by atoms with E-state index in [9.17, 15) is 18.0 Å². The zero-order chi connectivity index (χ0) is 12.3. The molecule has 0 saturated heterocycles. The standard InChI is InChI=1S/C8H7F3N2O2S/c1-16-8-5(10)6(12-2-3(14)15)4(9)7(11)13-8/h2H2,1H3,(H,12,13)(H,14,15). The number of nitrogens with one attached hydrogen (secondary N) is 1. The number of rotatable bonds is 4.